The summed E-state index contributed by atoms with van der Waals surface area (Å²) in [5.74, 6) is 0. The molecule has 0 radical (unpaired) electrons. The van der Waals surface area contributed by atoms with E-state index in [1.807, 2.05) is 17.4 Å². The monoisotopic (exact) mass is 833 g/mol. The molecule has 0 fully saturated rings. The Kier molecular flexibility index (Phi) is 8.34. The molecule has 0 N–H and O–H groups in total. The molecule has 0 atom stereocenters. The molecule has 0 amide bonds. The van der Waals surface area contributed by atoms with Gasteiger partial charge in [-0.05, 0) is 86.5 Å². The minimum absolute atomic E-state index is 0.528. The fourth-order valence-corrected chi connectivity index (χ4v) is 11.8. The number of hydrogen-bond acceptors (Lipinski definition) is 3. The van der Waals surface area contributed by atoms with Gasteiger partial charge >= 0.3 is 0 Å². The fraction of sp³-hybridized carbons (Fsp3) is 0.0164. The Morgan fingerprint density at radius 1 is 0.375 bits per heavy atom. The number of furan rings is 1. The zero-order valence-corrected chi connectivity index (χ0v) is 35.6. The number of fused-ring (bicyclic) bond motifs is 9. The molecule has 0 spiro atoms. The second-order valence-electron chi connectivity index (χ2n) is 16.7. The van der Waals surface area contributed by atoms with Gasteiger partial charge in [0.2, 0.25) is 0 Å². The van der Waals surface area contributed by atoms with Gasteiger partial charge in [-0.15, -0.1) is 11.3 Å². The van der Waals surface area contributed by atoms with E-state index in [0.717, 1.165) is 44.6 Å². The van der Waals surface area contributed by atoms with E-state index in [0.29, 0.717) is 0 Å². The highest BCUT2D eigenvalue weighted by Crippen LogP contribution is 2.60. The van der Waals surface area contributed by atoms with Crippen molar-refractivity contribution in [2.45, 2.75) is 5.41 Å². The van der Waals surface area contributed by atoms with E-state index in [-0.39, 0.29) is 0 Å². The van der Waals surface area contributed by atoms with Crippen LogP contribution in [-0.2, 0) is 5.41 Å². The van der Waals surface area contributed by atoms with E-state index < -0.39 is 5.41 Å². The summed E-state index contributed by atoms with van der Waals surface area (Å²) in [5.41, 5.74) is 16.6. The third-order valence-corrected chi connectivity index (χ3v) is 14.6. The smallest absolute Gasteiger partial charge is 0.159 e. The maximum atomic E-state index is 6.82. The SMILES string of the molecule is c1ccc(C2(c3ccccc3)c3ccccc3-c3c(N(c4ccc(-c5ccc(-c6cccc7c6sc6ccccc67)cc5)cc4)c4cccc5c4oc4ccccc45)cccc32)cc1. The fourth-order valence-electron chi connectivity index (χ4n) is 10.6. The summed E-state index contributed by atoms with van der Waals surface area (Å²) in [4.78, 5) is 2.42. The molecule has 0 saturated heterocycles. The maximum Gasteiger partial charge on any atom is 0.159 e. The Hall–Kier alpha value is -7.98. The number of para-hydroxylation sites is 2. The lowest BCUT2D eigenvalue weighted by atomic mass is 9.68. The first kappa shape index (κ1) is 36.7. The van der Waals surface area contributed by atoms with Crippen LogP contribution in [0.2, 0.25) is 0 Å². The lowest BCUT2D eigenvalue weighted by Gasteiger charge is -2.34. The topological polar surface area (TPSA) is 16.4 Å². The van der Waals surface area contributed by atoms with Gasteiger partial charge in [-0.2, -0.15) is 0 Å². The molecule has 0 bridgehead atoms. The number of anilines is 3. The van der Waals surface area contributed by atoms with Crippen LogP contribution in [0.1, 0.15) is 22.3 Å². The molecule has 0 unspecified atom stereocenters. The van der Waals surface area contributed by atoms with Crippen LogP contribution in [-0.4, -0.2) is 0 Å². The zero-order chi connectivity index (χ0) is 42.2. The Labute approximate surface area is 375 Å². The largest absolute Gasteiger partial charge is 0.454 e. The third kappa shape index (κ3) is 5.44. The summed E-state index contributed by atoms with van der Waals surface area (Å²) in [5, 5.41) is 4.84. The van der Waals surface area contributed by atoms with E-state index in [2.05, 4.69) is 235 Å². The van der Waals surface area contributed by atoms with E-state index in [1.54, 1.807) is 0 Å². The van der Waals surface area contributed by atoms with Crippen LogP contribution in [0, 0.1) is 0 Å². The van der Waals surface area contributed by atoms with E-state index in [9.17, 15) is 0 Å². The quantitative estimate of drug-likeness (QED) is 0.159. The van der Waals surface area contributed by atoms with Gasteiger partial charge in [0.15, 0.2) is 5.58 Å². The van der Waals surface area contributed by atoms with Crippen LogP contribution >= 0.6 is 11.3 Å². The summed E-state index contributed by atoms with van der Waals surface area (Å²) in [7, 11) is 0. The highest BCUT2D eigenvalue weighted by Gasteiger charge is 2.47. The summed E-state index contributed by atoms with van der Waals surface area (Å²) >= 11 is 1.88. The van der Waals surface area contributed by atoms with Crippen LogP contribution in [0.25, 0.3) is 75.5 Å². The van der Waals surface area contributed by atoms with Crippen LogP contribution in [0.4, 0.5) is 17.1 Å². The van der Waals surface area contributed by atoms with Crippen LogP contribution < -0.4 is 4.90 Å². The number of thiophene rings is 1. The van der Waals surface area contributed by atoms with Gasteiger partial charge in [-0.25, -0.2) is 0 Å². The molecule has 0 saturated carbocycles. The van der Waals surface area contributed by atoms with Crippen molar-refractivity contribution in [1.82, 2.24) is 0 Å². The zero-order valence-electron chi connectivity index (χ0n) is 34.8. The standard InChI is InChI=1S/C61H39NOS/c1-3-16-43(17-4-1)61(44-18-5-2-6-19-44)52-26-10-7-22-51(52)58-53(61)27-15-28-54(58)62(55-29-14-24-49-47-20-8-11-30-56(47)63-59(49)55)45-38-36-41(37-39-45)40-32-34-42(35-33-40)46-23-13-25-50-48-21-9-12-31-57(48)64-60(46)50/h1-39H. The molecule has 300 valence electrons. The average Bonchev–Trinajstić information content (AvgIpc) is 4.04. The van der Waals surface area contributed by atoms with Crippen molar-refractivity contribution in [2.75, 3.05) is 4.90 Å². The van der Waals surface area contributed by atoms with Crippen molar-refractivity contribution in [3.05, 3.63) is 259 Å². The van der Waals surface area contributed by atoms with Gasteiger partial charge in [-0.3, -0.25) is 0 Å². The molecule has 10 aromatic carbocycles. The molecular weight excluding hydrogens is 795 g/mol. The predicted molar refractivity (Wildman–Crippen MR) is 269 cm³/mol. The van der Waals surface area contributed by atoms with Crippen molar-refractivity contribution in [1.29, 1.82) is 0 Å². The van der Waals surface area contributed by atoms with E-state index in [4.69, 9.17) is 4.42 Å². The molecule has 2 aromatic heterocycles. The molecule has 64 heavy (non-hydrogen) atoms. The van der Waals surface area contributed by atoms with Gasteiger partial charge < -0.3 is 9.32 Å². The van der Waals surface area contributed by atoms with Crippen LogP contribution in [0.3, 0.4) is 0 Å². The van der Waals surface area contributed by atoms with E-state index in [1.165, 1.54) is 70.2 Å². The van der Waals surface area contributed by atoms with Gasteiger partial charge in [0.05, 0.1) is 16.8 Å². The number of rotatable bonds is 7. The van der Waals surface area contributed by atoms with Crippen molar-refractivity contribution in [3.8, 4) is 33.4 Å². The molecule has 1 aliphatic rings. The lowest BCUT2D eigenvalue weighted by Crippen LogP contribution is -2.28. The minimum Gasteiger partial charge on any atom is -0.454 e. The summed E-state index contributed by atoms with van der Waals surface area (Å²) in [6.07, 6.45) is 0. The first-order valence-electron chi connectivity index (χ1n) is 21.9. The third-order valence-electron chi connectivity index (χ3n) is 13.4. The number of benzene rings is 10. The average molecular weight is 834 g/mol. The van der Waals surface area contributed by atoms with Gasteiger partial charge in [0, 0.05) is 42.2 Å². The molecular formula is C61H39NOS. The Bertz CT molecular complexity index is 3670. The molecule has 3 heteroatoms. The molecule has 2 nitrogen and oxygen atoms in total. The lowest BCUT2D eigenvalue weighted by molar-refractivity contribution is 0.669. The van der Waals surface area contributed by atoms with Crippen molar-refractivity contribution in [3.63, 3.8) is 0 Å². The molecule has 12 aromatic rings. The van der Waals surface area contributed by atoms with Gasteiger partial charge in [0.25, 0.3) is 0 Å². The molecule has 1 aliphatic carbocycles. The minimum atomic E-state index is -0.528. The van der Waals surface area contributed by atoms with Crippen molar-refractivity contribution >= 4 is 70.5 Å². The second-order valence-corrected chi connectivity index (χ2v) is 17.8. The molecule has 2 heterocycles. The summed E-state index contributed by atoms with van der Waals surface area (Å²) in [6, 6.07) is 86.3. The van der Waals surface area contributed by atoms with Crippen molar-refractivity contribution in [2.24, 2.45) is 0 Å². The number of hydrogen-bond donors (Lipinski definition) is 0. The summed E-state index contributed by atoms with van der Waals surface area (Å²) < 4.78 is 9.48. The Morgan fingerprint density at radius 3 is 1.70 bits per heavy atom. The first-order chi connectivity index (χ1) is 31.8. The number of nitrogens with zero attached hydrogens (tertiary/aromatic N) is 1. The van der Waals surface area contributed by atoms with Crippen LogP contribution in [0.5, 0.6) is 0 Å². The maximum absolute atomic E-state index is 6.82. The highest BCUT2D eigenvalue weighted by atomic mass is 32.1. The Balaban J connectivity index is 0.986. The van der Waals surface area contributed by atoms with Gasteiger partial charge in [0.1, 0.15) is 5.58 Å². The predicted octanol–water partition coefficient (Wildman–Crippen LogP) is 17.1. The summed E-state index contributed by atoms with van der Waals surface area (Å²) in [6.45, 7) is 0. The second kappa shape index (κ2) is 14.6. The normalized spacial score (nSPS) is 12.8. The van der Waals surface area contributed by atoms with Crippen molar-refractivity contribution < 1.29 is 4.42 Å². The first-order valence-corrected chi connectivity index (χ1v) is 22.7. The molecule has 0 aliphatic heterocycles. The van der Waals surface area contributed by atoms with Gasteiger partial charge in [-0.1, -0.05) is 200 Å². The molecule has 13 rings (SSSR count). The van der Waals surface area contributed by atoms with Crippen LogP contribution in [0.15, 0.2) is 241 Å². The van der Waals surface area contributed by atoms with E-state index >= 15 is 0 Å². The highest BCUT2D eigenvalue weighted by molar-refractivity contribution is 7.26. The Morgan fingerprint density at radius 2 is 0.922 bits per heavy atom.